The van der Waals surface area contributed by atoms with E-state index in [0.29, 0.717) is 26.4 Å². The first-order valence-electron chi connectivity index (χ1n) is 10.1. The summed E-state index contributed by atoms with van der Waals surface area (Å²) >= 11 is 0. The molecule has 0 saturated heterocycles. The fraction of sp³-hybridized carbons (Fsp3) is 0.280. The summed E-state index contributed by atoms with van der Waals surface area (Å²) in [7, 11) is 0. The molecule has 0 aliphatic rings. The highest BCUT2D eigenvalue weighted by molar-refractivity contribution is 5.48. The van der Waals surface area contributed by atoms with E-state index in [0.717, 1.165) is 34.1 Å². The van der Waals surface area contributed by atoms with Gasteiger partial charge in [-0.3, -0.25) is 0 Å². The van der Waals surface area contributed by atoms with Crippen molar-refractivity contribution in [2.75, 3.05) is 18.5 Å². The summed E-state index contributed by atoms with van der Waals surface area (Å²) in [6.07, 6.45) is 0. The van der Waals surface area contributed by atoms with Crippen molar-refractivity contribution < 1.29 is 14.2 Å². The van der Waals surface area contributed by atoms with E-state index in [1.165, 1.54) is 5.56 Å². The van der Waals surface area contributed by atoms with Gasteiger partial charge in [-0.05, 0) is 68.3 Å². The third-order valence-electron chi connectivity index (χ3n) is 4.48. The summed E-state index contributed by atoms with van der Waals surface area (Å²) in [5.41, 5.74) is 4.56. The Morgan fingerprint density at radius 1 is 0.690 bits per heavy atom. The largest absolute Gasteiger partial charge is 0.494 e. The number of rotatable bonds is 10. The van der Waals surface area contributed by atoms with Crippen LogP contribution in [0.5, 0.6) is 17.2 Å². The van der Waals surface area contributed by atoms with Crippen LogP contribution in [-0.4, -0.2) is 13.2 Å². The highest BCUT2D eigenvalue weighted by Gasteiger charge is 2.07. The van der Waals surface area contributed by atoms with E-state index in [2.05, 4.69) is 42.6 Å². The van der Waals surface area contributed by atoms with E-state index in [1.807, 2.05) is 50.2 Å². The molecule has 0 heterocycles. The predicted molar refractivity (Wildman–Crippen MR) is 118 cm³/mol. The number of ether oxygens (including phenoxy) is 3. The van der Waals surface area contributed by atoms with Crippen molar-refractivity contribution in [3.8, 4) is 17.2 Å². The summed E-state index contributed by atoms with van der Waals surface area (Å²) in [6, 6.07) is 22.4. The molecule has 1 N–H and O–H groups in total. The molecule has 0 radical (unpaired) electrons. The molecule has 152 valence electrons. The van der Waals surface area contributed by atoms with Crippen LogP contribution in [0.1, 0.15) is 30.5 Å². The second-order valence-electron chi connectivity index (χ2n) is 6.80. The average molecular weight is 392 g/mol. The number of aryl methyl sites for hydroxylation is 1. The Morgan fingerprint density at radius 3 is 2.07 bits per heavy atom. The van der Waals surface area contributed by atoms with Crippen LogP contribution in [0.15, 0.2) is 66.7 Å². The van der Waals surface area contributed by atoms with Crippen molar-refractivity contribution in [3.63, 3.8) is 0 Å². The molecular formula is C25H29NO3. The topological polar surface area (TPSA) is 39.7 Å². The molecule has 3 rings (SSSR count). The zero-order valence-electron chi connectivity index (χ0n) is 17.4. The van der Waals surface area contributed by atoms with Crippen LogP contribution in [0.2, 0.25) is 0 Å². The van der Waals surface area contributed by atoms with Crippen molar-refractivity contribution in [3.05, 3.63) is 83.4 Å². The summed E-state index contributed by atoms with van der Waals surface area (Å²) in [5, 5.41) is 3.43. The molecule has 0 aliphatic heterocycles. The molecule has 0 amide bonds. The summed E-state index contributed by atoms with van der Waals surface area (Å²) < 4.78 is 17.3. The van der Waals surface area contributed by atoms with Crippen LogP contribution in [-0.2, 0) is 13.2 Å². The lowest BCUT2D eigenvalue weighted by molar-refractivity contribution is 0.269. The summed E-state index contributed by atoms with van der Waals surface area (Å²) in [5.74, 6) is 2.41. The molecule has 0 fully saturated rings. The van der Waals surface area contributed by atoms with Gasteiger partial charge in [0.2, 0.25) is 0 Å². The number of hydrogen-bond donors (Lipinski definition) is 1. The first-order valence-corrected chi connectivity index (χ1v) is 10.1. The minimum Gasteiger partial charge on any atom is -0.494 e. The number of nitrogens with one attached hydrogen (secondary N) is 1. The molecule has 29 heavy (non-hydrogen) atoms. The van der Waals surface area contributed by atoms with Gasteiger partial charge in [-0.25, -0.2) is 0 Å². The standard InChI is InChI=1S/C25H29NO3/c1-4-27-23-13-11-22(12-14-23)26-17-21-10-15-24(25(16-21)28-5-2)29-18-20-8-6-19(3)7-9-20/h6-16,26H,4-5,17-18H2,1-3H3. The van der Waals surface area contributed by atoms with Crippen molar-refractivity contribution in [2.45, 2.75) is 33.9 Å². The molecular weight excluding hydrogens is 362 g/mol. The molecule has 0 bridgehead atoms. The quantitative estimate of drug-likeness (QED) is 0.461. The maximum Gasteiger partial charge on any atom is 0.161 e. The Balaban J connectivity index is 1.62. The van der Waals surface area contributed by atoms with E-state index in [-0.39, 0.29) is 0 Å². The third-order valence-corrected chi connectivity index (χ3v) is 4.48. The van der Waals surface area contributed by atoms with Crippen molar-refractivity contribution in [1.82, 2.24) is 0 Å². The molecule has 4 heteroatoms. The van der Waals surface area contributed by atoms with Crippen LogP contribution in [0.3, 0.4) is 0 Å². The van der Waals surface area contributed by atoms with Crippen molar-refractivity contribution in [1.29, 1.82) is 0 Å². The maximum absolute atomic E-state index is 6.01. The Morgan fingerprint density at radius 2 is 1.38 bits per heavy atom. The van der Waals surface area contributed by atoms with E-state index in [9.17, 15) is 0 Å². The lowest BCUT2D eigenvalue weighted by Crippen LogP contribution is -2.03. The Kier molecular flexibility index (Phi) is 7.40. The summed E-state index contributed by atoms with van der Waals surface area (Å²) in [4.78, 5) is 0. The van der Waals surface area contributed by atoms with Gasteiger partial charge in [0.1, 0.15) is 12.4 Å². The maximum atomic E-state index is 6.01. The zero-order chi connectivity index (χ0) is 20.5. The van der Waals surface area contributed by atoms with Gasteiger partial charge in [0.05, 0.1) is 13.2 Å². The minimum atomic E-state index is 0.518. The third kappa shape index (κ3) is 6.18. The van der Waals surface area contributed by atoms with Gasteiger partial charge >= 0.3 is 0 Å². The van der Waals surface area contributed by atoms with Gasteiger partial charge in [0.15, 0.2) is 11.5 Å². The van der Waals surface area contributed by atoms with E-state index in [4.69, 9.17) is 14.2 Å². The molecule has 0 aromatic heterocycles. The van der Waals surface area contributed by atoms with E-state index < -0.39 is 0 Å². The highest BCUT2D eigenvalue weighted by atomic mass is 16.5. The van der Waals surface area contributed by atoms with Gasteiger partial charge in [-0.15, -0.1) is 0 Å². The fourth-order valence-electron chi connectivity index (χ4n) is 2.94. The molecule has 0 unspecified atom stereocenters. The minimum absolute atomic E-state index is 0.518. The van der Waals surface area contributed by atoms with Gasteiger partial charge in [-0.2, -0.15) is 0 Å². The number of hydrogen-bond acceptors (Lipinski definition) is 4. The van der Waals surface area contributed by atoms with Crippen LogP contribution < -0.4 is 19.5 Å². The van der Waals surface area contributed by atoms with Crippen molar-refractivity contribution in [2.24, 2.45) is 0 Å². The van der Waals surface area contributed by atoms with Crippen LogP contribution in [0.25, 0.3) is 0 Å². The SMILES string of the molecule is CCOc1ccc(NCc2ccc(OCc3ccc(C)cc3)c(OCC)c2)cc1. The van der Waals surface area contributed by atoms with Crippen LogP contribution in [0, 0.1) is 6.92 Å². The molecule has 3 aromatic rings. The first kappa shape index (κ1) is 20.6. The monoisotopic (exact) mass is 391 g/mol. The number of benzene rings is 3. The van der Waals surface area contributed by atoms with E-state index >= 15 is 0 Å². The lowest BCUT2D eigenvalue weighted by Gasteiger charge is -2.14. The molecule has 3 aromatic carbocycles. The van der Waals surface area contributed by atoms with Crippen LogP contribution in [0.4, 0.5) is 5.69 Å². The van der Waals surface area contributed by atoms with Gasteiger partial charge in [-0.1, -0.05) is 35.9 Å². The summed E-state index contributed by atoms with van der Waals surface area (Å²) in [6.45, 7) is 8.53. The van der Waals surface area contributed by atoms with Crippen LogP contribution >= 0.6 is 0 Å². The molecule has 0 saturated carbocycles. The fourth-order valence-corrected chi connectivity index (χ4v) is 2.94. The average Bonchev–Trinajstić information content (AvgIpc) is 2.74. The normalized spacial score (nSPS) is 10.4. The Hall–Kier alpha value is -3.14. The van der Waals surface area contributed by atoms with Gasteiger partial charge in [0.25, 0.3) is 0 Å². The second kappa shape index (κ2) is 10.4. The first-order chi connectivity index (χ1) is 14.2. The van der Waals surface area contributed by atoms with Gasteiger partial charge < -0.3 is 19.5 Å². The molecule has 0 spiro atoms. The Labute approximate surface area is 173 Å². The molecule has 0 aliphatic carbocycles. The zero-order valence-corrected chi connectivity index (χ0v) is 17.4. The molecule has 4 nitrogen and oxygen atoms in total. The molecule has 0 atom stereocenters. The Bertz CT molecular complexity index is 889. The number of anilines is 1. The lowest BCUT2D eigenvalue weighted by atomic mass is 10.1. The highest BCUT2D eigenvalue weighted by Crippen LogP contribution is 2.30. The van der Waals surface area contributed by atoms with Crippen molar-refractivity contribution >= 4 is 5.69 Å². The van der Waals surface area contributed by atoms with Gasteiger partial charge in [0, 0.05) is 12.2 Å². The van der Waals surface area contributed by atoms with E-state index in [1.54, 1.807) is 0 Å². The predicted octanol–water partition coefficient (Wildman–Crippen LogP) is 5.98. The smallest absolute Gasteiger partial charge is 0.161 e. The second-order valence-corrected chi connectivity index (χ2v) is 6.80.